The van der Waals surface area contributed by atoms with Gasteiger partial charge in [0, 0.05) is 11.4 Å². The van der Waals surface area contributed by atoms with Gasteiger partial charge in [0.1, 0.15) is 5.75 Å². The Balaban J connectivity index is 2.30. The maximum atomic E-state index is 5.28. The van der Waals surface area contributed by atoms with Crippen molar-refractivity contribution >= 4 is 23.0 Å². The molecule has 2 rings (SSSR count). The van der Waals surface area contributed by atoms with Crippen LogP contribution in [0.15, 0.2) is 58.5 Å². The first kappa shape index (κ1) is 15.8. The standard InChI is InChI=1S/C18H21N3O/c1-13(2)19-18(20-15-8-6-5-7-9-15)21-16-10-11-17(22-4)14(3)12-16/h5-12H,1-4H3,(H,20,21). The lowest BCUT2D eigenvalue weighted by Crippen LogP contribution is -2.10. The van der Waals surface area contributed by atoms with Gasteiger partial charge in [-0.25, -0.2) is 9.98 Å². The predicted molar refractivity (Wildman–Crippen MR) is 93.7 cm³/mol. The second kappa shape index (κ2) is 7.41. The molecule has 0 bridgehead atoms. The molecular formula is C18H21N3O. The summed E-state index contributed by atoms with van der Waals surface area (Å²) in [6.45, 7) is 5.90. The van der Waals surface area contributed by atoms with Crippen LogP contribution < -0.4 is 10.1 Å². The van der Waals surface area contributed by atoms with Crippen LogP contribution in [0.25, 0.3) is 0 Å². The van der Waals surface area contributed by atoms with E-state index in [1.807, 2.05) is 69.3 Å². The number of benzene rings is 2. The Labute approximate surface area is 131 Å². The van der Waals surface area contributed by atoms with Crippen LogP contribution in [0, 0.1) is 6.92 Å². The molecule has 0 saturated carbocycles. The Morgan fingerprint density at radius 3 is 2.36 bits per heavy atom. The van der Waals surface area contributed by atoms with Gasteiger partial charge in [-0.3, -0.25) is 0 Å². The summed E-state index contributed by atoms with van der Waals surface area (Å²) >= 11 is 0. The summed E-state index contributed by atoms with van der Waals surface area (Å²) in [6.07, 6.45) is 0. The molecule has 0 saturated heterocycles. The van der Waals surface area contributed by atoms with Crippen molar-refractivity contribution in [1.82, 2.24) is 0 Å². The fourth-order valence-corrected chi connectivity index (χ4v) is 2.00. The van der Waals surface area contributed by atoms with E-state index in [9.17, 15) is 0 Å². The van der Waals surface area contributed by atoms with Crippen molar-refractivity contribution in [3.05, 3.63) is 54.1 Å². The second-order valence-corrected chi connectivity index (χ2v) is 5.14. The Morgan fingerprint density at radius 1 is 1.05 bits per heavy atom. The van der Waals surface area contributed by atoms with Crippen molar-refractivity contribution in [3.63, 3.8) is 0 Å². The summed E-state index contributed by atoms with van der Waals surface area (Å²) in [5.41, 5.74) is 3.79. The largest absolute Gasteiger partial charge is 0.496 e. The number of aliphatic imine (C=N–C) groups is 2. The third kappa shape index (κ3) is 4.45. The third-order valence-corrected chi connectivity index (χ3v) is 2.97. The molecule has 4 heteroatoms. The minimum atomic E-state index is 0.566. The molecule has 4 nitrogen and oxygen atoms in total. The molecule has 0 unspecified atom stereocenters. The fraction of sp³-hybridized carbons (Fsp3) is 0.222. The number of methoxy groups -OCH3 is 1. The highest BCUT2D eigenvalue weighted by atomic mass is 16.5. The first-order valence-corrected chi connectivity index (χ1v) is 7.16. The van der Waals surface area contributed by atoms with Crippen LogP contribution in [-0.2, 0) is 0 Å². The quantitative estimate of drug-likeness (QED) is 0.665. The van der Waals surface area contributed by atoms with Gasteiger partial charge < -0.3 is 10.1 Å². The number of hydrogen-bond acceptors (Lipinski definition) is 2. The van der Waals surface area contributed by atoms with Crippen LogP contribution in [0.1, 0.15) is 19.4 Å². The number of rotatable bonds is 3. The minimum absolute atomic E-state index is 0.566. The molecule has 0 aliphatic heterocycles. The van der Waals surface area contributed by atoms with Crippen molar-refractivity contribution in [2.24, 2.45) is 9.98 Å². The molecule has 0 amide bonds. The fourth-order valence-electron chi connectivity index (χ4n) is 2.00. The van der Waals surface area contributed by atoms with Crippen molar-refractivity contribution in [3.8, 4) is 5.75 Å². The molecule has 22 heavy (non-hydrogen) atoms. The molecule has 2 aromatic carbocycles. The third-order valence-electron chi connectivity index (χ3n) is 2.97. The molecule has 1 N–H and O–H groups in total. The summed E-state index contributed by atoms with van der Waals surface area (Å²) < 4.78 is 5.28. The number of para-hydroxylation sites is 1. The zero-order chi connectivity index (χ0) is 15.9. The molecule has 2 aromatic rings. The number of hydrogen-bond donors (Lipinski definition) is 1. The van der Waals surface area contributed by atoms with Crippen molar-refractivity contribution < 1.29 is 4.74 Å². The summed E-state index contributed by atoms with van der Waals surface area (Å²) in [5, 5.41) is 3.26. The van der Waals surface area contributed by atoms with Crippen molar-refractivity contribution in [2.75, 3.05) is 12.4 Å². The number of nitrogens with zero attached hydrogens (tertiary/aromatic N) is 2. The van der Waals surface area contributed by atoms with Gasteiger partial charge in [-0.05, 0) is 56.7 Å². The highest BCUT2D eigenvalue weighted by Crippen LogP contribution is 2.22. The second-order valence-electron chi connectivity index (χ2n) is 5.14. The molecule has 0 heterocycles. The van der Waals surface area contributed by atoms with E-state index in [4.69, 9.17) is 4.74 Å². The maximum absolute atomic E-state index is 5.28. The van der Waals surface area contributed by atoms with E-state index in [1.54, 1.807) is 7.11 Å². The van der Waals surface area contributed by atoms with Crippen LogP contribution in [0.4, 0.5) is 11.4 Å². The molecule has 0 aliphatic carbocycles. The lowest BCUT2D eigenvalue weighted by Gasteiger charge is -2.10. The zero-order valence-electron chi connectivity index (χ0n) is 13.4. The highest BCUT2D eigenvalue weighted by Gasteiger charge is 2.03. The first-order valence-electron chi connectivity index (χ1n) is 7.16. The molecule has 0 spiro atoms. The topological polar surface area (TPSA) is 46.0 Å². The molecule has 0 aliphatic rings. The van der Waals surface area contributed by atoms with E-state index in [2.05, 4.69) is 15.3 Å². The summed E-state index contributed by atoms with van der Waals surface area (Å²) in [5.74, 6) is 1.43. The molecule has 0 aromatic heterocycles. The van der Waals surface area contributed by atoms with E-state index in [1.165, 1.54) is 0 Å². The van der Waals surface area contributed by atoms with Gasteiger partial charge in [0.25, 0.3) is 0 Å². The number of ether oxygens (including phenoxy) is 1. The normalized spacial score (nSPS) is 11.0. The summed E-state index contributed by atoms with van der Waals surface area (Å²) in [6, 6.07) is 15.7. The van der Waals surface area contributed by atoms with E-state index >= 15 is 0 Å². The van der Waals surface area contributed by atoms with E-state index in [-0.39, 0.29) is 0 Å². The van der Waals surface area contributed by atoms with E-state index < -0.39 is 0 Å². The van der Waals surface area contributed by atoms with Gasteiger partial charge in [0.2, 0.25) is 5.96 Å². The summed E-state index contributed by atoms with van der Waals surface area (Å²) in [4.78, 5) is 9.02. The Bertz CT molecular complexity index is 687. The Hall–Kier alpha value is -2.62. The Kier molecular flexibility index (Phi) is 5.31. The smallest absolute Gasteiger partial charge is 0.227 e. The first-order chi connectivity index (χ1) is 10.6. The molecule has 114 valence electrons. The van der Waals surface area contributed by atoms with Gasteiger partial charge in [0.15, 0.2) is 0 Å². The van der Waals surface area contributed by atoms with Gasteiger partial charge in [0.05, 0.1) is 12.8 Å². The van der Waals surface area contributed by atoms with Gasteiger partial charge in [-0.1, -0.05) is 18.2 Å². The summed E-state index contributed by atoms with van der Waals surface area (Å²) in [7, 11) is 1.67. The highest BCUT2D eigenvalue weighted by molar-refractivity contribution is 6.03. The van der Waals surface area contributed by atoms with Crippen LogP contribution in [0.3, 0.4) is 0 Å². The number of aryl methyl sites for hydroxylation is 1. The van der Waals surface area contributed by atoms with Gasteiger partial charge >= 0.3 is 0 Å². The predicted octanol–water partition coefficient (Wildman–Crippen LogP) is 4.58. The van der Waals surface area contributed by atoms with Crippen LogP contribution in [0.2, 0.25) is 0 Å². The number of nitrogens with one attached hydrogen (secondary N) is 1. The van der Waals surface area contributed by atoms with E-state index in [0.29, 0.717) is 5.96 Å². The van der Waals surface area contributed by atoms with E-state index in [0.717, 1.165) is 28.4 Å². The minimum Gasteiger partial charge on any atom is -0.496 e. The molecular weight excluding hydrogens is 274 g/mol. The lowest BCUT2D eigenvalue weighted by atomic mass is 10.2. The van der Waals surface area contributed by atoms with Gasteiger partial charge in [-0.2, -0.15) is 0 Å². The van der Waals surface area contributed by atoms with Crippen molar-refractivity contribution in [2.45, 2.75) is 20.8 Å². The maximum Gasteiger partial charge on any atom is 0.227 e. The zero-order valence-corrected chi connectivity index (χ0v) is 13.4. The van der Waals surface area contributed by atoms with Crippen LogP contribution >= 0.6 is 0 Å². The number of guanidine groups is 1. The molecule has 0 fully saturated rings. The number of anilines is 1. The van der Waals surface area contributed by atoms with Crippen LogP contribution in [-0.4, -0.2) is 18.8 Å². The average Bonchev–Trinajstić information content (AvgIpc) is 2.48. The Morgan fingerprint density at radius 2 is 1.77 bits per heavy atom. The molecule has 0 atom stereocenters. The van der Waals surface area contributed by atoms with Gasteiger partial charge in [-0.15, -0.1) is 0 Å². The van der Waals surface area contributed by atoms with Crippen LogP contribution in [0.5, 0.6) is 5.75 Å². The lowest BCUT2D eigenvalue weighted by molar-refractivity contribution is 0.412. The van der Waals surface area contributed by atoms with Crippen molar-refractivity contribution in [1.29, 1.82) is 0 Å². The monoisotopic (exact) mass is 295 g/mol. The average molecular weight is 295 g/mol. The SMILES string of the molecule is COc1ccc(N/C(N=C(C)C)=N/c2ccccc2)cc1C. The molecule has 0 radical (unpaired) electrons.